The summed E-state index contributed by atoms with van der Waals surface area (Å²) in [6.45, 7) is 1.82. The second-order valence-corrected chi connectivity index (χ2v) is 3.25. The summed E-state index contributed by atoms with van der Waals surface area (Å²) in [6.07, 6.45) is 0.653. The van der Waals surface area contributed by atoms with Crippen LogP contribution in [0, 0.1) is 0 Å². The summed E-state index contributed by atoms with van der Waals surface area (Å²) in [4.78, 5) is 0. The normalized spacial score (nSPS) is 32.3. The lowest BCUT2D eigenvalue weighted by Gasteiger charge is -2.20. The van der Waals surface area contributed by atoms with Gasteiger partial charge in [0.25, 0.3) is 0 Å². The third-order valence-electron chi connectivity index (χ3n) is 2.25. The molecule has 14 heavy (non-hydrogen) atoms. The highest BCUT2D eigenvalue weighted by Gasteiger charge is 2.34. The molecule has 1 heterocycles. The summed E-state index contributed by atoms with van der Waals surface area (Å²) in [5.41, 5.74) is 0. The molecule has 0 amide bonds. The molecule has 2 radical (unpaired) electrons. The van der Waals surface area contributed by atoms with Crippen LogP contribution in [0.5, 0.6) is 0 Å². The van der Waals surface area contributed by atoms with Gasteiger partial charge in [-0.1, -0.05) is 0 Å². The summed E-state index contributed by atoms with van der Waals surface area (Å²) < 4.78 is 20.9. The molecule has 1 aliphatic heterocycles. The number of hydrogen-bond acceptors (Lipinski definition) is 4. The molecule has 3 atom stereocenters. The smallest absolute Gasteiger partial charge is 0.112 e. The maximum atomic E-state index is 5.70. The van der Waals surface area contributed by atoms with Crippen LogP contribution in [-0.4, -0.2) is 60.1 Å². The average molecular weight is 200 g/mol. The van der Waals surface area contributed by atoms with Gasteiger partial charge in [-0.15, -0.1) is 0 Å². The summed E-state index contributed by atoms with van der Waals surface area (Å²) in [5.74, 6) is 0. The Bertz CT molecular complexity index is 156. The second kappa shape index (κ2) is 6.40. The number of methoxy groups -OCH3 is 2. The predicted octanol–water partition coefficient (Wildman–Crippen LogP) is -0.0521. The predicted molar refractivity (Wildman–Crippen MR) is 52.5 cm³/mol. The second-order valence-electron chi connectivity index (χ2n) is 3.25. The van der Waals surface area contributed by atoms with Gasteiger partial charge in [-0.3, -0.25) is 0 Å². The van der Waals surface area contributed by atoms with Gasteiger partial charge in [0, 0.05) is 33.4 Å². The summed E-state index contributed by atoms with van der Waals surface area (Å²) in [5, 5.41) is 0. The molecule has 1 saturated heterocycles. The highest BCUT2D eigenvalue weighted by Crippen LogP contribution is 2.18. The van der Waals surface area contributed by atoms with Gasteiger partial charge in [0.1, 0.15) is 20.1 Å². The van der Waals surface area contributed by atoms with Crippen LogP contribution in [0.2, 0.25) is 0 Å². The maximum Gasteiger partial charge on any atom is 0.112 e. The van der Waals surface area contributed by atoms with Gasteiger partial charge in [0.15, 0.2) is 0 Å². The molecule has 1 fully saturated rings. The fourth-order valence-corrected chi connectivity index (χ4v) is 1.43. The van der Waals surface area contributed by atoms with E-state index in [9.17, 15) is 0 Å². The van der Waals surface area contributed by atoms with Crippen LogP contribution in [0.15, 0.2) is 0 Å². The maximum absolute atomic E-state index is 5.70. The first kappa shape index (κ1) is 12.0. The minimum absolute atomic E-state index is 0.0486. The van der Waals surface area contributed by atoms with Gasteiger partial charge < -0.3 is 18.9 Å². The van der Waals surface area contributed by atoms with E-state index in [1.54, 1.807) is 14.2 Å². The lowest BCUT2D eigenvalue weighted by Crippen LogP contribution is -2.35. The summed E-state index contributed by atoms with van der Waals surface area (Å²) in [6, 6.07) is -0.373. The molecule has 4 nitrogen and oxygen atoms in total. The molecule has 0 aromatic rings. The van der Waals surface area contributed by atoms with Crippen molar-refractivity contribution in [2.24, 2.45) is 0 Å². The van der Waals surface area contributed by atoms with Crippen LogP contribution >= 0.6 is 0 Å². The van der Waals surface area contributed by atoms with Crippen molar-refractivity contribution in [3.05, 3.63) is 0 Å². The fraction of sp³-hybridized carbons (Fsp3) is 1.00. The molecule has 1 rings (SSSR count). The van der Waals surface area contributed by atoms with E-state index in [-0.39, 0.29) is 18.2 Å². The molecule has 0 aromatic carbocycles. The van der Waals surface area contributed by atoms with Gasteiger partial charge in [0.05, 0.1) is 6.61 Å². The largest absolute Gasteiger partial charge is 0.385 e. The Kier molecular flexibility index (Phi) is 5.48. The van der Waals surface area contributed by atoms with Crippen LogP contribution in [0.3, 0.4) is 0 Å². The molecule has 1 unspecified atom stereocenters. The number of hydrogen-bond donors (Lipinski definition) is 0. The van der Waals surface area contributed by atoms with Gasteiger partial charge in [-0.05, 0) is 6.42 Å². The van der Waals surface area contributed by atoms with Gasteiger partial charge in [0.2, 0.25) is 0 Å². The van der Waals surface area contributed by atoms with E-state index in [0.717, 1.165) is 6.42 Å². The Labute approximate surface area is 86.3 Å². The third kappa shape index (κ3) is 3.24. The Morgan fingerprint density at radius 2 is 2.14 bits per heavy atom. The van der Waals surface area contributed by atoms with Crippen LogP contribution < -0.4 is 0 Å². The molecule has 5 heteroatoms. The van der Waals surface area contributed by atoms with Crippen LogP contribution in [0.4, 0.5) is 0 Å². The Balaban J connectivity index is 2.19. The lowest BCUT2D eigenvalue weighted by atomic mass is 9.93. The first-order valence-corrected chi connectivity index (χ1v) is 4.80. The Morgan fingerprint density at radius 1 is 1.36 bits per heavy atom. The molecule has 0 N–H and O–H groups in total. The molecule has 0 aliphatic carbocycles. The highest BCUT2D eigenvalue weighted by molar-refractivity contribution is 6.11. The molecule has 80 valence electrons. The van der Waals surface area contributed by atoms with Crippen molar-refractivity contribution in [2.45, 2.75) is 24.6 Å². The minimum atomic E-state index is -0.373. The monoisotopic (exact) mass is 200 g/mol. The first-order valence-electron chi connectivity index (χ1n) is 4.80. The van der Waals surface area contributed by atoms with E-state index in [1.807, 2.05) is 0 Å². The number of rotatable bonds is 6. The zero-order valence-electron chi connectivity index (χ0n) is 8.77. The van der Waals surface area contributed by atoms with Crippen molar-refractivity contribution in [1.29, 1.82) is 0 Å². The van der Waals surface area contributed by atoms with Crippen molar-refractivity contribution in [3.63, 3.8) is 0 Å². The molecule has 1 aliphatic rings. The van der Waals surface area contributed by atoms with Gasteiger partial charge in [-0.2, -0.15) is 0 Å². The van der Waals surface area contributed by atoms with E-state index in [0.29, 0.717) is 19.8 Å². The number of ether oxygens (including phenoxy) is 4. The van der Waals surface area contributed by atoms with Crippen molar-refractivity contribution in [2.75, 3.05) is 34.0 Å². The first-order chi connectivity index (χ1) is 6.79. The summed E-state index contributed by atoms with van der Waals surface area (Å²) in [7, 11) is 9.01. The van der Waals surface area contributed by atoms with Gasteiger partial charge >= 0.3 is 0 Å². The van der Waals surface area contributed by atoms with Crippen molar-refractivity contribution >= 4 is 7.85 Å². The highest BCUT2D eigenvalue weighted by atomic mass is 16.6. The Hall–Kier alpha value is -0.0951. The molecular weight excluding hydrogens is 183 g/mol. The third-order valence-corrected chi connectivity index (χ3v) is 2.25. The van der Waals surface area contributed by atoms with E-state index >= 15 is 0 Å². The topological polar surface area (TPSA) is 36.9 Å². The van der Waals surface area contributed by atoms with Gasteiger partial charge in [-0.25, -0.2) is 0 Å². The minimum Gasteiger partial charge on any atom is -0.385 e. The zero-order valence-corrected chi connectivity index (χ0v) is 8.77. The van der Waals surface area contributed by atoms with Crippen LogP contribution in [0.25, 0.3) is 0 Å². The summed E-state index contributed by atoms with van der Waals surface area (Å²) >= 11 is 0. The zero-order chi connectivity index (χ0) is 10.4. The van der Waals surface area contributed by atoms with E-state index in [4.69, 9.17) is 26.8 Å². The van der Waals surface area contributed by atoms with E-state index < -0.39 is 0 Å². The van der Waals surface area contributed by atoms with Crippen molar-refractivity contribution in [3.8, 4) is 0 Å². The average Bonchev–Trinajstić information content (AvgIpc) is 2.55. The standard InChI is InChI=1S/C9H17BO4/c1-11-4-3-5-13-8-7(12-2)6-14-9(8)10/h7-9H,3-6H2,1-2H3/t7-,8?,9+/m0/s1. The molecular formula is C9H17BO4. The quantitative estimate of drug-likeness (QED) is 0.445. The lowest BCUT2D eigenvalue weighted by molar-refractivity contribution is -0.0384. The molecule has 0 saturated carbocycles. The van der Waals surface area contributed by atoms with Crippen molar-refractivity contribution in [1.82, 2.24) is 0 Å². The SMILES string of the molecule is [B][C@@H]1OC[C@H](OC)C1OCCCOC. The molecule has 0 bridgehead atoms. The van der Waals surface area contributed by atoms with Crippen molar-refractivity contribution < 1.29 is 18.9 Å². The van der Waals surface area contributed by atoms with E-state index in [1.165, 1.54) is 0 Å². The molecule has 0 aromatic heterocycles. The molecule has 0 spiro atoms. The van der Waals surface area contributed by atoms with E-state index in [2.05, 4.69) is 0 Å². The Morgan fingerprint density at radius 3 is 2.79 bits per heavy atom. The van der Waals surface area contributed by atoms with Crippen LogP contribution in [0.1, 0.15) is 6.42 Å². The van der Waals surface area contributed by atoms with Crippen LogP contribution in [-0.2, 0) is 18.9 Å². The fourth-order valence-electron chi connectivity index (χ4n) is 1.43.